The Bertz CT molecular complexity index is 238. The Morgan fingerprint density at radius 1 is 0.696 bits per heavy atom. The molecule has 0 radical (unpaired) electrons. The maximum Gasteiger partial charge on any atom is 0.125 e. The summed E-state index contributed by atoms with van der Waals surface area (Å²) in [6.45, 7) is 3.99. The molecule has 0 aromatic carbocycles. The minimum absolute atomic E-state index is 0.156. The van der Waals surface area contributed by atoms with Crippen molar-refractivity contribution in [3.63, 3.8) is 0 Å². The van der Waals surface area contributed by atoms with Crippen molar-refractivity contribution < 1.29 is 9.90 Å². The van der Waals surface area contributed by atoms with Gasteiger partial charge in [0, 0.05) is 5.92 Å². The van der Waals surface area contributed by atoms with Gasteiger partial charge in [-0.05, 0) is 13.3 Å². The third kappa shape index (κ3) is 16.3. The number of carbonyl (C=O) groups excluding carboxylic acids is 1. The lowest BCUT2D eigenvalue weighted by atomic mass is 9.97. The summed E-state index contributed by atoms with van der Waals surface area (Å²) in [7, 11) is 0. The third-order valence-electron chi connectivity index (χ3n) is 4.94. The molecule has 2 atom stereocenters. The molecule has 0 saturated carbocycles. The Balaban J connectivity index is 3.12. The van der Waals surface area contributed by atoms with Crippen LogP contribution in [-0.2, 0) is 4.79 Å². The Hall–Kier alpha value is -0.370. The zero-order valence-corrected chi connectivity index (χ0v) is 15.9. The van der Waals surface area contributed by atoms with E-state index in [4.69, 9.17) is 0 Å². The van der Waals surface area contributed by atoms with E-state index < -0.39 is 6.10 Å². The molecule has 138 valence electrons. The van der Waals surface area contributed by atoms with Gasteiger partial charge in [0.15, 0.2) is 0 Å². The number of carbonyl (C=O) groups is 1. The summed E-state index contributed by atoms with van der Waals surface area (Å²) in [6.07, 6.45) is 21.7. The highest BCUT2D eigenvalue weighted by atomic mass is 16.3. The normalized spacial score (nSPS) is 13.9. The van der Waals surface area contributed by atoms with Crippen LogP contribution in [0.2, 0.25) is 0 Å². The molecule has 0 aromatic rings. The fourth-order valence-corrected chi connectivity index (χ4v) is 3.17. The number of unbranched alkanes of at least 4 members (excludes halogenated alkanes) is 14. The van der Waals surface area contributed by atoms with Gasteiger partial charge in [-0.3, -0.25) is 0 Å². The highest BCUT2D eigenvalue weighted by molar-refractivity contribution is 5.54. The standard InChI is InChI=1S/C21H42O2/c1-3-4-5-6-7-8-9-10-11-12-13-14-15-16-17-18-21(19-22)20(2)23/h19-21,23H,3-18H2,1-2H3. The van der Waals surface area contributed by atoms with Gasteiger partial charge >= 0.3 is 0 Å². The lowest BCUT2D eigenvalue weighted by Gasteiger charge is -2.12. The first-order valence-corrected chi connectivity index (χ1v) is 10.4. The Morgan fingerprint density at radius 2 is 1.04 bits per heavy atom. The Morgan fingerprint density at radius 3 is 1.35 bits per heavy atom. The average Bonchev–Trinajstić information content (AvgIpc) is 2.54. The van der Waals surface area contributed by atoms with Crippen LogP contribution in [0.15, 0.2) is 0 Å². The molecule has 0 aliphatic heterocycles. The summed E-state index contributed by atoms with van der Waals surface area (Å²) in [4.78, 5) is 10.8. The van der Waals surface area contributed by atoms with Gasteiger partial charge in [-0.1, -0.05) is 103 Å². The zero-order valence-electron chi connectivity index (χ0n) is 15.9. The zero-order chi connectivity index (χ0) is 17.2. The molecule has 0 bridgehead atoms. The summed E-state index contributed by atoms with van der Waals surface area (Å²) >= 11 is 0. The van der Waals surface area contributed by atoms with Crippen molar-refractivity contribution >= 4 is 6.29 Å². The molecule has 1 N–H and O–H groups in total. The van der Waals surface area contributed by atoms with Crippen molar-refractivity contribution in [1.82, 2.24) is 0 Å². The monoisotopic (exact) mass is 326 g/mol. The molecule has 23 heavy (non-hydrogen) atoms. The molecule has 0 heterocycles. The van der Waals surface area contributed by atoms with Crippen LogP contribution in [0.4, 0.5) is 0 Å². The van der Waals surface area contributed by atoms with Gasteiger partial charge in [-0.2, -0.15) is 0 Å². The molecule has 0 saturated heterocycles. The minimum atomic E-state index is -0.487. The summed E-state index contributed by atoms with van der Waals surface area (Å²) < 4.78 is 0. The SMILES string of the molecule is CCCCCCCCCCCCCCCCCC(C=O)C(C)O. The number of aliphatic hydroxyl groups is 1. The van der Waals surface area contributed by atoms with Gasteiger partial charge < -0.3 is 9.90 Å². The topological polar surface area (TPSA) is 37.3 Å². The summed E-state index contributed by atoms with van der Waals surface area (Å²) in [5, 5.41) is 9.40. The number of aliphatic hydroxyl groups excluding tert-OH is 1. The lowest BCUT2D eigenvalue weighted by Crippen LogP contribution is -2.17. The van der Waals surface area contributed by atoms with Gasteiger partial charge in [-0.25, -0.2) is 0 Å². The van der Waals surface area contributed by atoms with Crippen molar-refractivity contribution in [2.75, 3.05) is 0 Å². The smallest absolute Gasteiger partial charge is 0.125 e. The van der Waals surface area contributed by atoms with Crippen LogP contribution in [0.1, 0.15) is 117 Å². The molecular weight excluding hydrogens is 284 g/mol. The van der Waals surface area contributed by atoms with Crippen LogP contribution in [0.5, 0.6) is 0 Å². The molecule has 0 amide bonds. The molecule has 2 heteroatoms. The molecule has 0 aliphatic carbocycles. The highest BCUT2D eigenvalue weighted by Crippen LogP contribution is 2.15. The second-order valence-corrected chi connectivity index (χ2v) is 7.28. The van der Waals surface area contributed by atoms with Gasteiger partial charge in [0.2, 0.25) is 0 Å². The third-order valence-corrected chi connectivity index (χ3v) is 4.94. The first-order chi connectivity index (χ1) is 11.2. The van der Waals surface area contributed by atoms with Crippen molar-refractivity contribution in [3.05, 3.63) is 0 Å². The molecule has 2 unspecified atom stereocenters. The van der Waals surface area contributed by atoms with Crippen LogP contribution in [-0.4, -0.2) is 17.5 Å². The van der Waals surface area contributed by atoms with Crippen molar-refractivity contribution in [1.29, 1.82) is 0 Å². The summed E-state index contributed by atoms with van der Waals surface area (Å²) in [5.41, 5.74) is 0. The van der Waals surface area contributed by atoms with E-state index in [9.17, 15) is 9.90 Å². The largest absolute Gasteiger partial charge is 0.393 e. The van der Waals surface area contributed by atoms with Crippen LogP contribution in [0, 0.1) is 5.92 Å². The Kier molecular flexibility index (Phi) is 17.7. The molecule has 0 aliphatic rings. The van der Waals surface area contributed by atoms with Crippen LogP contribution < -0.4 is 0 Å². The van der Waals surface area contributed by atoms with Gasteiger partial charge in [0.05, 0.1) is 6.10 Å². The van der Waals surface area contributed by atoms with Crippen LogP contribution in [0.25, 0.3) is 0 Å². The van der Waals surface area contributed by atoms with E-state index in [1.54, 1.807) is 6.92 Å². The van der Waals surface area contributed by atoms with Crippen LogP contribution in [0.3, 0.4) is 0 Å². The summed E-state index contributed by atoms with van der Waals surface area (Å²) in [5.74, 6) is -0.156. The second kappa shape index (κ2) is 18.0. The van der Waals surface area contributed by atoms with Crippen LogP contribution >= 0.6 is 0 Å². The predicted octanol–water partition coefficient (Wildman–Crippen LogP) is 6.44. The molecule has 2 nitrogen and oxygen atoms in total. The molecule has 0 rings (SSSR count). The Labute approximate surface area is 145 Å². The fraction of sp³-hybridized carbons (Fsp3) is 0.952. The van der Waals surface area contributed by atoms with Crippen molar-refractivity contribution in [2.24, 2.45) is 5.92 Å². The molecule has 0 fully saturated rings. The number of rotatable bonds is 18. The second-order valence-electron chi connectivity index (χ2n) is 7.28. The van der Waals surface area contributed by atoms with E-state index >= 15 is 0 Å². The number of hydrogen-bond donors (Lipinski definition) is 1. The first-order valence-electron chi connectivity index (χ1n) is 10.4. The summed E-state index contributed by atoms with van der Waals surface area (Å²) in [6, 6.07) is 0. The van der Waals surface area contributed by atoms with E-state index in [0.29, 0.717) is 0 Å². The lowest BCUT2D eigenvalue weighted by molar-refractivity contribution is -0.114. The van der Waals surface area contributed by atoms with Gasteiger partial charge in [-0.15, -0.1) is 0 Å². The maximum absolute atomic E-state index is 10.8. The number of hydrogen-bond acceptors (Lipinski definition) is 2. The quantitative estimate of drug-likeness (QED) is 0.232. The average molecular weight is 327 g/mol. The first kappa shape index (κ1) is 22.6. The fourth-order valence-electron chi connectivity index (χ4n) is 3.17. The highest BCUT2D eigenvalue weighted by Gasteiger charge is 2.12. The molecule has 0 spiro atoms. The molecule has 0 aromatic heterocycles. The van der Waals surface area contributed by atoms with E-state index in [2.05, 4.69) is 6.92 Å². The van der Waals surface area contributed by atoms with E-state index in [1.807, 2.05) is 0 Å². The van der Waals surface area contributed by atoms with Crippen molar-refractivity contribution in [3.8, 4) is 0 Å². The van der Waals surface area contributed by atoms with Gasteiger partial charge in [0.1, 0.15) is 6.29 Å². The van der Waals surface area contributed by atoms with E-state index in [0.717, 1.165) is 19.1 Å². The minimum Gasteiger partial charge on any atom is -0.393 e. The van der Waals surface area contributed by atoms with Gasteiger partial charge in [0.25, 0.3) is 0 Å². The van der Waals surface area contributed by atoms with E-state index in [1.165, 1.54) is 89.9 Å². The predicted molar refractivity (Wildman–Crippen MR) is 101 cm³/mol. The number of aldehydes is 1. The van der Waals surface area contributed by atoms with E-state index in [-0.39, 0.29) is 5.92 Å². The molecular formula is C21H42O2. The van der Waals surface area contributed by atoms with Crippen molar-refractivity contribution in [2.45, 2.75) is 123 Å². The maximum atomic E-state index is 10.8.